The van der Waals surface area contributed by atoms with Crippen LogP contribution in [-0.2, 0) is 13.8 Å². The summed E-state index contributed by atoms with van der Waals surface area (Å²) in [5.41, 5.74) is 5.36. The van der Waals surface area contributed by atoms with Crippen molar-refractivity contribution in [1.82, 2.24) is 0 Å². The number of aliphatic hydroxyl groups excluding tert-OH is 2. The van der Waals surface area contributed by atoms with Crippen LogP contribution in [-0.4, -0.2) is 41.0 Å². The van der Waals surface area contributed by atoms with E-state index in [0.29, 0.717) is 0 Å². The molecule has 1 saturated heterocycles. The van der Waals surface area contributed by atoms with E-state index < -0.39 is 45.3 Å². The Balaban J connectivity index is 2.15. The van der Waals surface area contributed by atoms with E-state index >= 15 is 0 Å². The molecule has 0 aliphatic carbocycles. The number of aromatic nitrogens is 1. The van der Waals surface area contributed by atoms with Gasteiger partial charge in [-0.05, 0) is 10.6 Å². The van der Waals surface area contributed by atoms with Crippen LogP contribution in [0.1, 0.15) is 16.6 Å². The molecule has 1 aromatic rings. The summed E-state index contributed by atoms with van der Waals surface area (Å²) in [6.07, 6.45) is -1.75. The number of carbonyl (C=O) groups excluding carboxylic acids is 1. The fourth-order valence-corrected chi connectivity index (χ4v) is 2.31. The van der Waals surface area contributed by atoms with Crippen LogP contribution in [0, 0.1) is 0 Å². The van der Waals surface area contributed by atoms with Crippen molar-refractivity contribution in [2.45, 2.75) is 24.5 Å². The lowest BCUT2D eigenvalue weighted by molar-refractivity contribution is -0.765. The zero-order valence-corrected chi connectivity index (χ0v) is 11.6. The molecule has 114 valence electrons. The minimum absolute atomic E-state index is 0.199. The maximum absolute atomic E-state index is 11.1. The molecule has 1 amide bonds. The van der Waals surface area contributed by atoms with Gasteiger partial charge in [0.1, 0.15) is 24.4 Å². The molecule has 21 heavy (non-hydrogen) atoms. The number of pyridine rings is 1. The van der Waals surface area contributed by atoms with Gasteiger partial charge in [0.15, 0.2) is 18.5 Å². The number of amides is 1. The highest BCUT2D eigenvalue weighted by Crippen LogP contribution is 2.27. The van der Waals surface area contributed by atoms with E-state index in [1.807, 2.05) is 0 Å². The van der Waals surface area contributed by atoms with E-state index in [-0.39, 0.29) is 5.56 Å². The number of ether oxygens (including phenoxy) is 1. The summed E-state index contributed by atoms with van der Waals surface area (Å²) in [6.45, 7) is -0.413. The fourth-order valence-electron chi connectivity index (χ4n) is 2.04. The smallest absolute Gasteiger partial charge is 0.488 e. The molecule has 0 radical (unpaired) electrons. The number of nitrogens with two attached hydrogens (primary N) is 1. The van der Waals surface area contributed by atoms with Crippen LogP contribution >= 0.6 is 8.25 Å². The minimum Gasteiger partial charge on any atom is -0.566 e. The monoisotopic (exact) mass is 317 g/mol. The van der Waals surface area contributed by atoms with Gasteiger partial charge in [-0.3, -0.25) is 4.79 Å². The Bertz CT molecular complexity index is 555. The molecule has 1 aromatic heterocycles. The van der Waals surface area contributed by atoms with Crippen LogP contribution in [0.4, 0.5) is 0 Å². The molecule has 10 heteroatoms. The predicted octanol–water partition coefficient (Wildman–Crippen LogP) is -2.27. The maximum atomic E-state index is 11.1. The summed E-state index contributed by atoms with van der Waals surface area (Å²) in [5.74, 6) is -0.652. The van der Waals surface area contributed by atoms with Crippen LogP contribution in [0.25, 0.3) is 0 Å². The summed E-state index contributed by atoms with van der Waals surface area (Å²) in [4.78, 5) is 21.5. The molecule has 4 N–H and O–H groups in total. The van der Waals surface area contributed by atoms with E-state index in [4.69, 9.17) is 10.5 Å². The third-order valence-corrected chi connectivity index (χ3v) is 3.44. The molecule has 0 saturated carbocycles. The molecule has 1 fully saturated rings. The largest absolute Gasteiger partial charge is 0.566 e. The van der Waals surface area contributed by atoms with E-state index in [2.05, 4.69) is 4.52 Å². The highest BCUT2D eigenvalue weighted by atomic mass is 31.1. The summed E-state index contributed by atoms with van der Waals surface area (Å²) < 4.78 is 21.5. The van der Waals surface area contributed by atoms with Gasteiger partial charge in [-0.25, -0.2) is 0 Å². The molecular formula is C11H14N2O7P+. The molecule has 9 nitrogen and oxygen atoms in total. The summed E-state index contributed by atoms with van der Waals surface area (Å²) in [7, 11) is -3.07. The normalized spacial score (nSPS) is 29.4. The summed E-state index contributed by atoms with van der Waals surface area (Å²) in [6, 6.07) is 3.01. The first kappa shape index (κ1) is 15.9. The minimum atomic E-state index is -3.07. The van der Waals surface area contributed by atoms with Gasteiger partial charge >= 0.3 is 8.25 Å². The van der Waals surface area contributed by atoms with Crippen LogP contribution in [0.5, 0.6) is 0 Å². The molecule has 0 aromatic carbocycles. The molecule has 1 aliphatic heterocycles. The van der Waals surface area contributed by atoms with E-state index in [1.54, 1.807) is 0 Å². The Hall–Kier alpha value is -1.48. The summed E-state index contributed by atoms with van der Waals surface area (Å²) >= 11 is 0. The van der Waals surface area contributed by atoms with Crippen LogP contribution in [0.3, 0.4) is 0 Å². The second-order valence-electron chi connectivity index (χ2n) is 4.47. The topological polar surface area (TPSA) is 146 Å². The number of nitrogens with zero attached hydrogens (tertiary/aromatic N) is 1. The number of aliphatic hydroxyl groups is 2. The molecule has 5 atom stereocenters. The molecule has 0 spiro atoms. The van der Waals surface area contributed by atoms with Crippen molar-refractivity contribution >= 4 is 14.2 Å². The lowest BCUT2D eigenvalue weighted by Crippen LogP contribution is -2.46. The number of hydrogen-bond acceptors (Lipinski definition) is 7. The van der Waals surface area contributed by atoms with Gasteiger partial charge in [0, 0.05) is 6.07 Å². The van der Waals surface area contributed by atoms with Gasteiger partial charge in [0.25, 0.3) is 12.1 Å². The van der Waals surface area contributed by atoms with Gasteiger partial charge in [0.2, 0.25) is 0 Å². The zero-order chi connectivity index (χ0) is 15.6. The third kappa shape index (κ3) is 3.59. The molecule has 1 aliphatic rings. The first-order valence-electron chi connectivity index (χ1n) is 5.99. The van der Waals surface area contributed by atoms with Crippen molar-refractivity contribution in [3.8, 4) is 0 Å². The van der Waals surface area contributed by atoms with Crippen molar-refractivity contribution in [2.75, 3.05) is 6.61 Å². The van der Waals surface area contributed by atoms with Gasteiger partial charge in [-0.1, -0.05) is 0 Å². The van der Waals surface area contributed by atoms with Crippen molar-refractivity contribution in [3.63, 3.8) is 0 Å². The first-order valence-corrected chi connectivity index (χ1v) is 7.09. The second kappa shape index (κ2) is 6.52. The first-order chi connectivity index (χ1) is 9.90. The molecule has 2 rings (SSSR count). The second-order valence-corrected chi connectivity index (χ2v) is 5.18. The van der Waals surface area contributed by atoms with E-state index in [1.165, 1.54) is 29.1 Å². The van der Waals surface area contributed by atoms with Gasteiger partial charge in [0.05, 0.1) is 0 Å². The van der Waals surface area contributed by atoms with Crippen molar-refractivity contribution in [2.24, 2.45) is 5.73 Å². The SMILES string of the molecule is NC(=O)c1ccc[n+]([C@@H]2O[C@H](CO[P+](=O)[O-])[C@@H](O)[C@H]2O)c1. The van der Waals surface area contributed by atoms with Crippen molar-refractivity contribution in [1.29, 1.82) is 0 Å². The Morgan fingerprint density at radius 2 is 2.24 bits per heavy atom. The van der Waals surface area contributed by atoms with E-state index in [9.17, 15) is 24.5 Å². The average Bonchev–Trinajstić information content (AvgIpc) is 2.73. The van der Waals surface area contributed by atoms with Gasteiger partial charge in [-0.15, -0.1) is 4.52 Å². The number of primary amides is 1. The standard InChI is InChI=1S/C11H13N2O7P/c12-10(16)6-2-1-3-13(4-6)11-9(15)8(14)7(20-11)5-19-21(17)18/h1-4,7-9,11,14-15H,5H2,(H-,12,16)/p+1/t7-,8-,9-,11-/m1/s1. The molecule has 1 unspecified atom stereocenters. The average molecular weight is 317 g/mol. The quantitative estimate of drug-likeness (QED) is 0.410. The van der Waals surface area contributed by atoms with Crippen LogP contribution in [0.15, 0.2) is 24.5 Å². The van der Waals surface area contributed by atoms with Gasteiger partial charge < -0.3 is 25.6 Å². The third-order valence-electron chi connectivity index (χ3n) is 3.08. The number of carbonyl (C=O) groups is 1. The van der Waals surface area contributed by atoms with Crippen molar-refractivity contribution < 1.29 is 38.3 Å². The van der Waals surface area contributed by atoms with Crippen molar-refractivity contribution in [3.05, 3.63) is 30.1 Å². The lowest BCUT2D eigenvalue weighted by Gasteiger charge is -2.10. The Labute approximate surface area is 120 Å². The Morgan fingerprint density at radius 1 is 1.52 bits per heavy atom. The Kier molecular flexibility index (Phi) is 4.94. The van der Waals surface area contributed by atoms with Crippen LogP contribution < -0.4 is 15.2 Å². The Morgan fingerprint density at radius 3 is 2.86 bits per heavy atom. The maximum Gasteiger partial charge on any atom is 0.488 e. The number of hydrogen-bond donors (Lipinski definition) is 3. The zero-order valence-electron chi connectivity index (χ0n) is 10.7. The lowest BCUT2D eigenvalue weighted by atomic mass is 10.1. The predicted molar refractivity (Wildman–Crippen MR) is 64.6 cm³/mol. The molecule has 2 heterocycles. The fraction of sp³-hybridized carbons (Fsp3) is 0.455. The highest BCUT2D eigenvalue weighted by Gasteiger charge is 2.49. The van der Waals surface area contributed by atoms with E-state index in [0.717, 1.165) is 0 Å². The van der Waals surface area contributed by atoms with Gasteiger partial charge in [-0.2, -0.15) is 4.57 Å². The van der Waals surface area contributed by atoms with Crippen LogP contribution in [0.2, 0.25) is 0 Å². The highest BCUT2D eigenvalue weighted by molar-refractivity contribution is 7.30. The molecule has 0 bridgehead atoms. The summed E-state index contributed by atoms with van der Waals surface area (Å²) in [5, 5.41) is 19.8. The number of rotatable bonds is 5. The molecular weight excluding hydrogens is 303 g/mol.